The van der Waals surface area contributed by atoms with Crippen molar-refractivity contribution >= 4 is 0 Å². The predicted molar refractivity (Wildman–Crippen MR) is 99.2 cm³/mol. The molecule has 1 aromatic carbocycles. The normalized spacial score (nSPS) is 12.2. The van der Waals surface area contributed by atoms with Crippen LogP contribution in [0, 0.1) is 30.2 Å². The van der Waals surface area contributed by atoms with Gasteiger partial charge in [-0.25, -0.2) is 8.78 Å². The lowest BCUT2D eigenvalue weighted by Crippen LogP contribution is -2.25. The van der Waals surface area contributed by atoms with Gasteiger partial charge < -0.3 is 34.6 Å². The zero-order valence-corrected chi connectivity index (χ0v) is 17.2. The second-order valence-electron chi connectivity index (χ2n) is 6.23. The van der Waals surface area contributed by atoms with Crippen LogP contribution in [0.4, 0.5) is 17.6 Å². The summed E-state index contributed by atoms with van der Waals surface area (Å²) in [6.07, 6.45) is -1.83. The molecule has 0 spiro atoms. The van der Waals surface area contributed by atoms with Crippen molar-refractivity contribution < 1.29 is 52.2 Å². The van der Waals surface area contributed by atoms with E-state index in [-0.39, 0.29) is 45.6 Å². The first-order chi connectivity index (χ1) is 14.2. The minimum absolute atomic E-state index is 0.0209. The van der Waals surface area contributed by atoms with Gasteiger partial charge in [-0.1, -0.05) is 0 Å². The summed E-state index contributed by atoms with van der Waals surface area (Å²) in [5.74, 6) is -7.30. The van der Waals surface area contributed by atoms with E-state index in [9.17, 15) is 17.6 Å². The van der Waals surface area contributed by atoms with Gasteiger partial charge in [-0.2, -0.15) is 8.78 Å². The van der Waals surface area contributed by atoms with Crippen molar-refractivity contribution in [1.82, 2.24) is 0 Å². The van der Waals surface area contributed by atoms with Gasteiger partial charge in [-0.05, 0) is 20.8 Å². The molecule has 0 saturated heterocycles. The third-order valence-electron chi connectivity index (χ3n) is 3.86. The van der Waals surface area contributed by atoms with Crippen LogP contribution in [0.2, 0.25) is 0 Å². The van der Waals surface area contributed by atoms with Gasteiger partial charge in [0.15, 0.2) is 17.4 Å². The number of hydrogen-bond donors (Lipinski definition) is 4. The molecule has 1 aromatic rings. The summed E-state index contributed by atoms with van der Waals surface area (Å²) in [6, 6.07) is 0. The Morgan fingerprint density at radius 2 is 1.20 bits per heavy atom. The van der Waals surface area contributed by atoms with Gasteiger partial charge in [0.2, 0.25) is 11.6 Å². The van der Waals surface area contributed by atoms with Crippen molar-refractivity contribution in [2.75, 3.05) is 39.6 Å². The quantitative estimate of drug-likeness (QED) is 0.284. The van der Waals surface area contributed by atoms with E-state index < -0.39 is 46.8 Å². The number of rotatable bonds is 12. The van der Waals surface area contributed by atoms with Crippen molar-refractivity contribution in [3.63, 3.8) is 0 Å². The summed E-state index contributed by atoms with van der Waals surface area (Å²) in [4.78, 5) is 0. The fraction of sp³-hybridized carbons (Fsp3) is 0.684. The molecule has 0 bridgehead atoms. The van der Waals surface area contributed by atoms with Crippen LogP contribution in [0.15, 0.2) is 0 Å². The van der Waals surface area contributed by atoms with Crippen molar-refractivity contribution in [2.24, 2.45) is 0 Å². The lowest BCUT2D eigenvalue weighted by molar-refractivity contribution is -0.0276. The molecule has 4 N–H and O–H groups in total. The number of hydrogen-bond acceptors (Lipinski definition) is 7. The van der Waals surface area contributed by atoms with Crippen LogP contribution >= 0.6 is 0 Å². The highest BCUT2D eigenvalue weighted by Crippen LogP contribution is 2.30. The lowest BCUT2D eigenvalue weighted by Gasteiger charge is -2.18. The maximum atomic E-state index is 13.6. The van der Waals surface area contributed by atoms with Gasteiger partial charge in [0, 0.05) is 18.6 Å². The molecule has 0 saturated carbocycles. The zero-order valence-electron chi connectivity index (χ0n) is 17.2. The highest BCUT2D eigenvalue weighted by molar-refractivity contribution is 5.33. The highest BCUT2D eigenvalue weighted by atomic mass is 19.2. The summed E-state index contributed by atoms with van der Waals surface area (Å²) < 4.78 is 68.8. The Balaban J connectivity index is 0.000000890. The lowest BCUT2D eigenvalue weighted by atomic mass is 10.2. The maximum absolute atomic E-state index is 13.6. The van der Waals surface area contributed by atoms with Crippen molar-refractivity contribution in [2.45, 2.75) is 45.5 Å². The summed E-state index contributed by atoms with van der Waals surface area (Å²) in [6.45, 7) is 3.74. The average Bonchev–Trinajstić information content (AvgIpc) is 2.75. The Hall–Kier alpha value is -1.50. The van der Waals surface area contributed by atoms with Crippen LogP contribution in [-0.4, -0.2) is 78.4 Å². The molecule has 1 atom stereocenters. The van der Waals surface area contributed by atoms with E-state index in [0.717, 1.165) is 6.92 Å². The first-order valence-electron chi connectivity index (χ1n) is 9.34. The Morgan fingerprint density at radius 1 is 0.767 bits per heavy atom. The minimum atomic E-state index is -1.59. The predicted octanol–water partition coefficient (Wildman–Crippen LogP) is 1.45. The molecular weight excluding hydrogens is 416 g/mol. The Kier molecular flexibility index (Phi) is 14.6. The number of halogens is 4. The molecule has 0 aliphatic carbocycles. The Bertz CT molecular complexity index is 582. The minimum Gasteiger partial charge on any atom is -0.484 e. The molecule has 7 nitrogen and oxygen atoms in total. The molecule has 1 unspecified atom stereocenters. The second-order valence-corrected chi connectivity index (χ2v) is 6.23. The fourth-order valence-corrected chi connectivity index (χ4v) is 2.05. The maximum Gasteiger partial charge on any atom is 0.204 e. The van der Waals surface area contributed by atoms with Crippen LogP contribution in [-0.2, 0) is 9.47 Å². The second kappa shape index (κ2) is 15.3. The summed E-state index contributed by atoms with van der Waals surface area (Å²) in [5.41, 5.74) is -0.757. The van der Waals surface area contributed by atoms with Gasteiger partial charge in [0.1, 0.15) is 12.2 Å². The van der Waals surface area contributed by atoms with Crippen LogP contribution in [0.1, 0.15) is 25.8 Å². The van der Waals surface area contributed by atoms with Crippen molar-refractivity contribution in [3.8, 4) is 5.75 Å². The Morgan fingerprint density at radius 3 is 1.57 bits per heavy atom. The van der Waals surface area contributed by atoms with E-state index in [1.807, 2.05) is 6.92 Å². The van der Waals surface area contributed by atoms with Crippen LogP contribution in [0.3, 0.4) is 0 Å². The number of ether oxygens (including phenoxy) is 3. The zero-order chi connectivity index (χ0) is 23.3. The van der Waals surface area contributed by atoms with E-state index >= 15 is 0 Å². The third-order valence-corrected chi connectivity index (χ3v) is 3.86. The first kappa shape index (κ1) is 28.5. The van der Waals surface area contributed by atoms with Gasteiger partial charge >= 0.3 is 0 Å². The summed E-state index contributed by atoms with van der Waals surface area (Å²) >= 11 is 0. The van der Waals surface area contributed by atoms with Gasteiger partial charge in [-0.3, -0.25) is 0 Å². The molecule has 0 aliphatic heterocycles. The molecule has 1 rings (SSSR count). The smallest absolute Gasteiger partial charge is 0.204 e. The Labute approximate surface area is 172 Å². The van der Waals surface area contributed by atoms with Gasteiger partial charge in [0.25, 0.3) is 0 Å². The standard InChI is InChI=1S/C14H18F4O4.C5H12O3/c1-7(3-4-21-9(5-19)6-20)22-14-12(17)10(15)8(2)11(16)13(14)18;1-2-8-5(3-6)4-7/h7,9,19-20H,3-6H2,1-2H3;5-7H,2-4H2,1H3. The van der Waals surface area contributed by atoms with E-state index in [0.29, 0.717) is 6.61 Å². The summed E-state index contributed by atoms with van der Waals surface area (Å²) in [5, 5.41) is 34.3. The molecule has 0 amide bonds. The molecular formula is C19H30F4O7. The number of benzene rings is 1. The topological polar surface area (TPSA) is 109 Å². The first-order valence-corrected chi connectivity index (χ1v) is 9.34. The van der Waals surface area contributed by atoms with Crippen molar-refractivity contribution in [1.29, 1.82) is 0 Å². The molecule has 30 heavy (non-hydrogen) atoms. The van der Waals surface area contributed by atoms with Crippen LogP contribution in [0.25, 0.3) is 0 Å². The third kappa shape index (κ3) is 9.11. The molecule has 0 aliphatic rings. The SMILES string of the molecule is CCOC(CO)CO.Cc1c(F)c(F)c(OC(C)CCOC(CO)CO)c(F)c1F. The number of aliphatic hydroxyl groups excluding tert-OH is 4. The monoisotopic (exact) mass is 446 g/mol. The van der Waals surface area contributed by atoms with Gasteiger partial charge in [-0.15, -0.1) is 0 Å². The van der Waals surface area contributed by atoms with E-state index in [1.54, 1.807) is 0 Å². The average molecular weight is 446 g/mol. The van der Waals surface area contributed by atoms with Crippen molar-refractivity contribution in [3.05, 3.63) is 28.8 Å². The van der Waals surface area contributed by atoms with E-state index in [1.165, 1.54) is 6.92 Å². The molecule has 0 heterocycles. The van der Waals surface area contributed by atoms with E-state index in [2.05, 4.69) is 0 Å². The molecule has 176 valence electrons. The van der Waals surface area contributed by atoms with E-state index in [4.69, 9.17) is 34.6 Å². The molecule has 11 heteroatoms. The highest BCUT2D eigenvalue weighted by Gasteiger charge is 2.25. The van der Waals surface area contributed by atoms with Crippen LogP contribution in [0.5, 0.6) is 5.75 Å². The molecule has 0 aromatic heterocycles. The fourth-order valence-electron chi connectivity index (χ4n) is 2.05. The van der Waals surface area contributed by atoms with Gasteiger partial charge in [0.05, 0.1) is 39.1 Å². The summed E-state index contributed by atoms with van der Waals surface area (Å²) in [7, 11) is 0. The molecule has 0 radical (unpaired) electrons. The number of aliphatic hydroxyl groups is 4. The molecule has 0 fully saturated rings. The van der Waals surface area contributed by atoms with Crippen LogP contribution < -0.4 is 4.74 Å². The largest absolute Gasteiger partial charge is 0.484 e.